The van der Waals surface area contributed by atoms with Gasteiger partial charge in [-0.2, -0.15) is 9.98 Å². The molecule has 0 aliphatic heterocycles. The molecule has 0 unspecified atom stereocenters. The maximum Gasteiger partial charge on any atom is 0.220 e. The first-order valence-corrected chi connectivity index (χ1v) is 16.4. The Morgan fingerprint density at radius 2 is 1.45 bits per heavy atom. The molecular formula is C39H54N4O6. The van der Waals surface area contributed by atoms with E-state index in [1.165, 1.54) is 0 Å². The van der Waals surface area contributed by atoms with Crippen LogP contribution in [0.2, 0.25) is 0 Å². The van der Waals surface area contributed by atoms with Crippen molar-refractivity contribution in [1.82, 2.24) is 15.6 Å². The number of rotatable bonds is 18. The zero-order valence-corrected chi connectivity index (χ0v) is 30.6. The first-order valence-electron chi connectivity index (χ1n) is 16.4. The van der Waals surface area contributed by atoms with E-state index in [1.807, 2.05) is 37.3 Å². The molecule has 0 spiro atoms. The van der Waals surface area contributed by atoms with Gasteiger partial charge < -0.3 is 39.8 Å². The highest BCUT2D eigenvalue weighted by Crippen LogP contribution is 2.31. The summed E-state index contributed by atoms with van der Waals surface area (Å²) in [6.45, 7) is 19.5. The Bertz CT molecular complexity index is 1620. The number of nitrogens with one attached hydrogen (secondary N) is 2. The Hall–Kier alpha value is -4.22. The lowest BCUT2D eigenvalue weighted by molar-refractivity contribution is 0.0791. The van der Waals surface area contributed by atoms with E-state index >= 15 is 0 Å². The SMILES string of the molecule is C=C/C(=N\C(OC)=C(/C)CNCC(C)(C)O)OCc1cccc(-c2cccc(COc3ccc(CNCC(C)(C)O)c(OC)n3)c2C)c1C. The maximum atomic E-state index is 9.97. The summed E-state index contributed by atoms with van der Waals surface area (Å²) in [4.78, 5) is 9.11. The molecule has 0 aliphatic rings. The van der Waals surface area contributed by atoms with Crippen LogP contribution in [0.25, 0.3) is 11.1 Å². The van der Waals surface area contributed by atoms with Crippen molar-refractivity contribution >= 4 is 5.90 Å². The predicted molar refractivity (Wildman–Crippen MR) is 196 cm³/mol. The first-order chi connectivity index (χ1) is 23.2. The van der Waals surface area contributed by atoms with Crippen LogP contribution in [-0.4, -0.2) is 66.2 Å². The molecule has 266 valence electrons. The van der Waals surface area contributed by atoms with Crippen molar-refractivity contribution in [3.8, 4) is 22.9 Å². The van der Waals surface area contributed by atoms with Crippen molar-refractivity contribution in [1.29, 1.82) is 0 Å². The summed E-state index contributed by atoms with van der Waals surface area (Å²) in [5.74, 6) is 1.73. The molecule has 2 aromatic carbocycles. The molecular weight excluding hydrogens is 620 g/mol. The number of methoxy groups -OCH3 is 2. The van der Waals surface area contributed by atoms with E-state index in [9.17, 15) is 10.2 Å². The highest BCUT2D eigenvalue weighted by molar-refractivity contribution is 5.87. The zero-order valence-electron chi connectivity index (χ0n) is 30.6. The molecule has 49 heavy (non-hydrogen) atoms. The lowest BCUT2D eigenvalue weighted by atomic mass is 9.92. The monoisotopic (exact) mass is 674 g/mol. The summed E-state index contributed by atoms with van der Waals surface area (Å²) in [5, 5.41) is 26.4. The van der Waals surface area contributed by atoms with Crippen molar-refractivity contribution in [3.63, 3.8) is 0 Å². The van der Waals surface area contributed by atoms with Gasteiger partial charge in [0.2, 0.25) is 23.5 Å². The second kappa shape index (κ2) is 18.0. The van der Waals surface area contributed by atoms with Gasteiger partial charge in [0, 0.05) is 43.4 Å². The fourth-order valence-electron chi connectivity index (χ4n) is 5.10. The van der Waals surface area contributed by atoms with Gasteiger partial charge >= 0.3 is 0 Å². The van der Waals surface area contributed by atoms with Crippen LogP contribution in [0.1, 0.15) is 62.4 Å². The van der Waals surface area contributed by atoms with E-state index in [0.717, 1.165) is 44.5 Å². The van der Waals surface area contributed by atoms with Crippen molar-refractivity contribution in [3.05, 3.63) is 100 Å². The van der Waals surface area contributed by atoms with E-state index in [0.29, 0.717) is 62.9 Å². The Morgan fingerprint density at radius 1 is 0.857 bits per heavy atom. The molecule has 0 saturated heterocycles. The number of benzene rings is 2. The van der Waals surface area contributed by atoms with Crippen LogP contribution in [0.3, 0.4) is 0 Å². The molecule has 0 saturated carbocycles. The van der Waals surface area contributed by atoms with Crippen LogP contribution in [0, 0.1) is 13.8 Å². The minimum atomic E-state index is -0.816. The van der Waals surface area contributed by atoms with Crippen molar-refractivity contribution in [2.24, 2.45) is 4.99 Å². The van der Waals surface area contributed by atoms with Gasteiger partial charge in [0.25, 0.3) is 0 Å². The third-order valence-electron chi connectivity index (χ3n) is 7.81. The Balaban J connectivity index is 1.73. The fraction of sp³-hybridized carbons (Fsp3) is 0.436. The summed E-state index contributed by atoms with van der Waals surface area (Å²) in [5.41, 5.74) is 6.61. The Morgan fingerprint density at radius 3 is 2.00 bits per heavy atom. The second-order valence-corrected chi connectivity index (χ2v) is 13.4. The van der Waals surface area contributed by atoms with Crippen LogP contribution >= 0.6 is 0 Å². The largest absolute Gasteiger partial charge is 0.481 e. The molecule has 4 N–H and O–H groups in total. The van der Waals surface area contributed by atoms with E-state index < -0.39 is 11.2 Å². The molecule has 3 aromatic rings. The number of aromatic nitrogens is 1. The molecule has 0 atom stereocenters. The molecule has 3 rings (SSSR count). The first kappa shape index (κ1) is 39.2. The third-order valence-corrected chi connectivity index (χ3v) is 7.81. The third kappa shape index (κ3) is 12.3. The quantitative estimate of drug-likeness (QED) is 0.0714. The topological polar surface area (TPSA) is 127 Å². The van der Waals surface area contributed by atoms with Gasteiger partial charge in [0.1, 0.15) is 13.2 Å². The second-order valence-electron chi connectivity index (χ2n) is 13.4. The van der Waals surface area contributed by atoms with Crippen molar-refractivity contribution in [2.45, 2.75) is 79.4 Å². The zero-order chi connectivity index (χ0) is 36.2. The fourth-order valence-corrected chi connectivity index (χ4v) is 5.10. The molecule has 1 aromatic heterocycles. The summed E-state index contributed by atoms with van der Waals surface area (Å²) in [6, 6.07) is 16.2. The molecule has 0 radical (unpaired) electrons. The number of hydrogen-bond donors (Lipinski definition) is 4. The molecule has 0 fully saturated rings. The minimum Gasteiger partial charge on any atom is -0.481 e. The molecule has 1 heterocycles. The summed E-state index contributed by atoms with van der Waals surface area (Å²) in [7, 11) is 3.15. The van der Waals surface area contributed by atoms with Gasteiger partial charge in [-0.05, 0) is 94.0 Å². The van der Waals surface area contributed by atoms with Crippen molar-refractivity contribution < 1.29 is 29.2 Å². The normalized spacial score (nSPS) is 12.8. The van der Waals surface area contributed by atoms with E-state index in [4.69, 9.17) is 18.9 Å². The number of aliphatic imine (C=N–C) groups is 1. The van der Waals surface area contributed by atoms with Crippen LogP contribution in [-0.2, 0) is 29.2 Å². The highest BCUT2D eigenvalue weighted by Gasteiger charge is 2.16. The Labute approximate surface area is 291 Å². The molecule has 0 amide bonds. The molecule has 0 bridgehead atoms. The van der Waals surface area contributed by atoms with Crippen LogP contribution < -0.4 is 20.1 Å². The molecule has 10 heteroatoms. The average Bonchev–Trinajstić information content (AvgIpc) is 3.04. The number of hydrogen-bond acceptors (Lipinski definition) is 10. The standard InChI is InChI=1S/C39H54N4O6/c1-11-34(42-36(46-9)26(2)20-40-24-38(5,6)44)48-22-30-14-12-16-32(27(30)3)33-17-13-15-31(28(33)4)23-49-35-19-18-29(37(43-35)47-10)21-41-25-39(7,8)45/h11-19,40-41,44-45H,1,20-25H2,2-10H3/b36-26-,42-34+. The van der Waals surface area contributed by atoms with E-state index in [1.54, 1.807) is 48.0 Å². The van der Waals surface area contributed by atoms with Crippen molar-refractivity contribution in [2.75, 3.05) is 33.9 Å². The van der Waals surface area contributed by atoms with Gasteiger partial charge in [0.05, 0.1) is 25.4 Å². The van der Waals surface area contributed by atoms with E-state index in [2.05, 4.69) is 59.2 Å². The molecule has 0 aliphatic carbocycles. The summed E-state index contributed by atoms with van der Waals surface area (Å²) in [6.07, 6.45) is 1.57. The molecule has 10 nitrogen and oxygen atoms in total. The number of nitrogens with zero attached hydrogens (tertiary/aromatic N) is 2. The van der Waals surface area contributed by atoms with Gasteiger partial charge in [-0.1, -0.05) is 43.0 Å². The lowest BCUT2D eigenvalue weighted by Gasteiger charge is -2.18. The van der Waals surface area contributed by atoms with Crippen LogP contribution in [0.15, 0.2) is 77.6 Å². The van der Waals surface area contributed by atoms with Gasteiger partial charge in [-0.3, -0.25) is 0 Å². The van der Waals surface area contributed by atoms with Gasteiger partial charge in [0.15, 0.2) is 0 Å². The average molecular weight is 675 g/mol. The lowest BCUT2D eigenvalue weighted by Crippen LogP contribution is -2.35. The van der Waals surface area contributed by atoms with Crippen LogP contribution in [0.4, 0.5) is 0 Å². The number of aliphatic hydroxyl groups is 2. The number of pyridine rings is 1. The summed E-state index contributed by atoms with van der Waals surface area (Å²) >= 11 is 0. The maximum absolute atomic E-state index is 9.97. The van der Waals surface area contributed by atoms with E-state index in [-0.39, 0.29) is 0 Å². The van der Waals surface area contributed by atoms with Gasteiger partial charge in [-0.15, -0.1) is 0 Å². The summed E-state index contributed by atoms with van der Waals surface area (Å²) < 4.78 is 23.3. The minimum absolute atomic E-state index is 0.302. The Kier molecular flexibility index (Phi) is 14.4. The highest BCUT2D eigenvalue weighted by atomic mass is 16.5. The predicted octanol–water partition coefficient (Wildman–Crippen LogP) is 6.15. The smallest absolute Gasteiger partial charge is 0.220 e. The van der Waals surface area contributed by atoms with Crippen LogP contribution in [0.5, 0.6) is 11.8 Å². The van der Waals surface area contributed by atoms with Gasteiger partial charge in [-0.25, -0.2) is 0 Å². The number of ether oxygens (including phenoxy) is 4.